The molecule has 1 aliphatic heterocycles. The van der Waals surface area contributed by atoms with Crippen LogP contribution in [0.1, 0.15) is 5.56 Å². The van der Waals surface area contributed by atoms with Crippen LogP contribution in [0.25, 0.3) is 11.3 Å². The lowest BCUT2D eigenvalue weighted by Gasteiger charge is -2.22. The van der Waals surface area contributed by atoms with Gasteiger partial charge < -0.3 is 5.32 Å². The molecule has 0 bridgehead atoms. The monoisotopic (exact) mass is 361 g/mol. The Morgan fingerprint density at radius 3 is 2.78 bits per heavy atom. The average Bonchev–Trinajstić information content (AvgIpc) is 3.29. The first-order valence-electron chi connectivity index (χ1n) is 8.57. The second-order valence-electron chi connectivity index (χ2n) is 6.15. The highest BCUT2D eigenvalue weighted by molar-refractivity contribution is 5.91. The molecule has 27 heavy (non-hydrogen) atoms. The summed E-state index contributed by atoms with van der Waals surface area (Å²) in [5.74, 6) is 1.09. The van der Waals surface area contributed by atoms with Crippen LogP contribution >= 0.6 is 0 Å². The number of amides is 1. The van der Waals surface area contributed by atoms with E-state index in [9.17, 15) is 4.79 Å². The van der Waals surface area contributed by atoms with E-state index < -0.39 is 0 Å². The SMILES string of the molecule is Cn1nccc1-c1ccnc(N2N=C(NC=O)NC2Cc2ccccc2)c1. The third-order valence-corrected chi connectivity index (χ3v) is 4.37. The third kappa shape index (κ3) is 3.50. The van der Waals surface area contributed by atoms with Crippen molar-refractivity contribution in [2.75, 3.05) is 5.01 Å². The van der Waals surface area contributed by atoms with Crippen LogP contribution < -0.4 is 15.6 Å². The van der Waals surface area contributed by atoms with Gasteiger partial charge in [0.05, 0.1) is 5.69 Å². The number of guanidine groups is 1. The lowest BCUT2D eigenvalue weighted by molar-refractivity contribution is -0.108. The molecular weight excluding hydrogens is 342 g/mol. The van der Waals surface area contributed by atoms with Gasteiger partial charge in [-0.05, 0) is 23.8 Å². The molecule has 1 aliphatic rings. The summed E-state index contributed by atoms with van der Waals surface area (Å²) in [4.78, 5) is 15.3. The van der Waals surface area contributed by atoms with Gasteiger partial charge in [-0.2, -0.15) is 5.10 Å². The second-order valence-corrected chi connectivity index (χ2v) is 6.15. The van der Waals surface area contributed by atoms with Crippen LogP contribution in [0, 0.1) is 0 Å². The Hall–Kier alpha value is -3.68. The Balaban J connectivity index is 1.66. The minimum Gasteiger partial charge on any atom is -0.332 e. The molecule has 0 aliphatic carbocycles. The maximum absolute atomic E-state index is 10.8. The number of aromatic nitrogens is 3. The van der Waals surface area contributed by atoms with Crippen LogP contribution in [0.2, 0.25) is 0 Å². The number of nitrogens with one attached hydrogen (secondary N) is 2. The van der Waals surface area contributed by atoms with Crippen LogP contribution in [-0.4, -0.2) is 33.3 Å². The van der Waals surface area contributed by atoms with E-state index in [0.29, 0.717) is 24.6 Å². The fraction of sp³-hybridized carbons (Fsp3) is 0.158. The van der Waals surface area contributed by atoms with Gasteiger partial charge in [-0.1, -0.05) is 30.3 Å². The zero-order chi connectivity index (χ0) is 18.6. The number of hydrogen-bond donors (Lipinski definition) is 2. The number of rotatable bonds is 5. The number of aryl methyl sites for hydroxylation is 1. The Morgan fingerprint density at radius 2 is 2.04 bits per heavy atom. The minimum atomic E-state index is -0.163. The normalized spacial score (nSPS) is 16.0. The van der Waals surface area contributed by atoms with E-state index in [4.69, 9.17) is 0 Å². The second kappa shape index (κ2) is 7.28. The van der Waals surface area contributed by atoms with E-state index in [1.54, 1.807) is 17.4 Å². The number of carbonyl (C=O) groups excluding carboxylic acids is 1. The Bertz CT molecular complexity index is 967. The number of carbonyl (C=O) groups is 1. The summed E-state index contributed by atoms with van der Waals surface area (Å²) in [6.45, 7) is 0. The summed E-state index contributed by atoms with van der Waals surface area (Å²) >= 11 is 0. The van der Waals surface area contributed by atoms with Gasteiger partial charge in [0.25, 0.3) is 0 Å². The third-order valence-electron chi connectivity index (χ3n) is 4.37. The van der Waals surface area contributed by atoms with Crippen LogP contribution in [0.3, 0.4) is 0 Å². The van der Waals surface area contributed by atoms with E-state index in [1.165, 1.54) is 0 Å². The molecule has 8 nitrogen and oxygen atoms in total. The zero-order valence-electron chi connectivity index (χ0n) is 14.8. The quantitative estimate of drug-likeness (QED) is 0.672. The van der Waals surface area contributed by atoms with E-state index >= 15 is 0 Å². The van der Waals surface area contributed by atoms with Crippen molar-refractivity contribution >= 4 is 18.2 Å². The molecule has 0 radical (unpaired) electrons. The first-order chi connectivity index (χ1) is 13.2. The highest BCUT2D eigenvalue weighted by Gasteiger charge is 2.28. The van der Waals surface area contributed by atoms with Gasteiger partial charge in [-0.3, -0.25) is 14.8 Å². The van der Waals surface area contributed by atoms with Crippen molar-refractivity contribution in [1.29, 1.82) is 0 Å². The van der Waals surface area contributed by atoms with Crippen LogP contribution in [0.15, 0.2) is 66.0 Å². The topological polar surface area (TPSA) is 87.4 Å². The summed E-state index contributed by atoms with van der Waals surface area (Å²) in [7, 11) is 1.90. The molecule has 2 N–H and O–H groups in total. The summed E-state index contributed by atoms with van der Waals surface area (Å²) in [6.07, 6.45) is 4.65. The van der Waals surface area contributed by atoms with Crippen LogP contribution in [0.4, 0.5) is 5.82 Å². The highest BCUT2D eigenvalue weighted by Crippen LogP contribution is 2.25. The van der Waals surface area contributed by atoms with Crippen molar-refractivity contribution in [1.82, 2.24) is 25.4 Å². The Kier molecular flexibility index (Phi) is 4.52. The molecule has 1 aromatic carbocycles. The van der Waals surface area contributed by atoms with Gasteiger partial charge >= 0.3 is 0 Å². The molecule has 2 aromatic heterocycles. The predicted octanol–water partition coefficient (Wildman–Crippen LogP) is 1.48. The minimum absolute atomic E-state index is 0.163. The number of benzene rings is 1. The summed E-state index contributed by atoms with van der Waals surface area (Å²) < 4.78 is 1.81. The van der Waals surface area contributed by atoms with Crippen LogP contribution in [0.5, 0.6) is 0 Å². The molecule has 3 heterocycles. The standard InChI is InChI=1S/C19H19N7O/c1-25-16(8-10-22-25)15-7-9-20-17(12-15)26-18(23-19(24-26)21-13-27)11-14-5-3-2-4-6-14/h2-10,12-13,18H,11H2,1H3,(H2,21,23,24,27). The molecule has 1 amide bonds. The highest BCUT2D eigenvalue weighted by atomic mass is 16.1. The van der Waals surface area contributed by atoms with Gasteiger partial charge in [-0.15, -0.1) is 5.10 Å². The van der Waals surface area contributed by atoms with Crippen molar-refractivity contribution in [2.24, 2.45) is 12.1 Å². The van der Waals surface area contributed by atoms with Gasteiger partial charge in [0.1, 0.15) is 6.17 Å². The van der Waals surface area contributed by atoms with Gasteiger partial charge in [0.15, 0.2) is 5.82 Å². The molecule has 8 heteroatoms. The largest absolute Gasteiger partial charge is 0.332 e. The fourth-order valence-corrected chi connectivity index (χ4v) is 3.10. The summed E-state index contributed by atoms with van der Waals surface area (Å²) in [5.41, 5.74) is 3.14. The van der Waals surface area contributed by atoms with Crippen molar-refractivity contribution in [3.63, 3.8) is 0 Å². The number of hydrazone groups is 1. The molecule has 4 rings (SSSR count). The van der Waals surface area contributed by atoms with Crippen molar-refractivity contribution in [3.8, 4) is 11.3 Å². The van der Waals surface area contributed by atoms with Gasteiger partial charge in [-0.25, -0.2) is 9.99 Å². The van der Waals surface area contributed by atoms with E-state index in [0.717, 1.165) is 16.8 Å². The Labute approximate surface area is 156 Å². The molecular formula is C19H19N7O. The van der Waals surface area contributed by atoms with Crippen molar-refractivity contribution < 1.29 is 4.79 Å². The fourth-order valence-electron chi connectivity index (χ4n) is 3.10. The van der Waals surface area contributed by atoms with Crippen molar-refractivity contribution in [2.45, 2.75) is 12.6 Å². The molecule has 1 unspecified atom stereocenters. The summed E-state index contributed by atoms with van der Waals surface area (Å²) in [5, 5.41) is 16.3. The molecule has 0 fully saturated rings. The van der Waals surface area contributed by atoms with E-state index in [1.807, 2.05) is 48.1 Å². The number of hydrogen-bond acceptors (Lipinski definition) is 6. The summed E-state index contributed by atoms with van der Waals surface area (Å²) in [6, 6.07) is 16.0. The van der Waals surface area contributed by atoms with Gasteiger partial charge in [0, 0.05) is 31.4 Å². The molecule has 1 atom stereocenters. The van der Waals surface area contributed by atoms with Crippen molar-refractivity contribution in [3.05, 3.63) is 66.5 Å². The van der Waals surface area contributed by atoms with Gasteiger partial charge in [0.2, 0.25) is 12.4 Å². The molecule has 0 saturated carbocycles. The lowest BCUT2D eigenvalue weighted by atomic mass is 10.1. The first-order valence-corrected chi connectivity index (χ1v) is 8.57. The smallest absolute Gasteiger partial charge is 0.222 e. The van der Waals surface area contributed by atoms with E-state index in [-0.39, 0.29) is 6.17 Å². The van der Waals surface area contributed by atoms with Crippen LogP contribution in [-0.2, 0) is 18.3 Å². The molecule has 136 valence electrons. The lowest BCUT2D eigenvalue weighted by Crippen LogP contribution is -2.43. The molecule has 3 aromatic rings. The first kappa shape index (κ1) is 16.8. The molecule has 0 spiro atoms. The zero-order valence-corrected chi connectivity index (χ0v) is 14.8. The predicted molar refractivity (Wildman–Crippen MR) is 103 cm³/mol. The number of anilines is 1. The average molecular weight is 361 g/mol. The maximum atomic E-state index is 10.8. The number of pyridine rings is 1. The van der Waals surface area contributed by atoms with E-state index in [2.05, 4.69) is 38.0 Å². The Morgan fingerprint density at radius 1 is 1.19 bits per heavy atom. The molecule has 0 saturated heterocycles. The maximum Gasteiger partial charge on any atom is 0.222 e. The number of nitrogens with zero attached hydrogens (tertiary/aromatic N) is 5.